The maximum atomic E-state index is 12.6. The van der Waals surface area contributed by atoms with Gasteiger partial charge in [-0.05, 0) is 12.8 Å². The highest BCUT2D eigenvalue weighted by atomic mass is 16.4. The Hall–Kier alpha value is -4.24. The van der Waals surface area contributed by atoms with Gasteiger partial charge >= 0.3 is 5.97 Å². The zero-order chi connectivity index (χ0) is 24.4. The normalized spacial score (nSPS) is 20.1. The number of fused-ring (bicyclic) bond motifs is 2. The summed E-state index contributed by atoms with van der Waals surface area (Å²) in [6.45, 7) is -0.664. The Kier molecular flexibility index (Phi) is 9.07. The van der Waals surface area contributed by atoms with Crippen LogP contribution in [0, 0.1) is 0 Å². The summed E-state index contributed by atoms with van der Waals surface area (Å²) < 4.78 is 1.22. The first-order valence-corrected chi connectivity index (χ1v) is 9.94. The Morgan fingerprint density at radius 1 is 1.09 bits per heavy atom. The second kappa shape index (κ2) is 12.0. The van der Waals surface area contributed by atoms with Crippen molar-refractivity contribution >= 4 is 35.6 Å². The molecule has 1 aromatic rings. The van der Waals surface area contributed by atoms with Crippen molar-refractivity contribution < 1.29 is 29.1 Å². The van der Waals surface area contributed by atoms with E-state index in [9.17, 15) is 24.0 Å². The van der Waals surface area contributed by atoms with Crippen molar-refractivity contribution in [3.8, 4) is 0 Å². The Morgan fingerprint density at radius 2 is 1.76 bits per heavy atom. The number of nitrogens with zero attached hydrogens (tertiary/aromatic N) is 4. The average Bonchev–Trinajstić information content (AvgIpc) is 3.17. The molecule has 16 nitrogen and oxygen atoms in total. The van der Waals surface area contributed by atoms with Crippen molar-refractivity contribution in [2.45, 2.75) is 44.4 Å². The van der Waals surface area contributed by atoms with Gasteiger partial charge in [0.15, 0.2) is 5.96 Å². The number of aromatic nitrogens is 3. The lowest BCUT2D eigenvalue weighted by Crippen LogP contribution is -2.53. The Bertz CT molecular complexity index is 925. The van der Waals surface area contributed by atoms with E-state index in [0.29, 0.717) is 12.1 Å². The first kappa shape index (κ1) is 25.0. The number of nitrogens with one attached hydrogen (secondary N) is 4. The van der Waals surface area contributed by atoms with E-state index in [1.54, 1.807) is 0 Å². The van der Waals surface area contributed by atoms with Crippen molar-refractivity contribution in [1.29, 1.82) is 0 Å². The molecule has 0 saturated heterocycles. The summed E-state index contributed by atoms with van der Waals surface area (Å²) in [5.74, 6) is -4.14. The van der Waals surface area contributed by atoms with Crippen molar-refractivity contribution in [1.82, 2.24) is 36.3 Å². The van der Waals surface area contributed by atoms with Crippen LogP contribution in [0.15, 0.2) is 11.2 Å². The lowest BCUT2D eigenvalue weighted by Gasteiger charge is -2.20. The number of carboxylic acids is 1. The van der Waals surface area contributed by atoms with E-state index < -0.39 is 54.6 Å². The molecule has 2 bridgehead atoms. The standard InChI is InChI=1S/C17H26N10O6/c18-17(19)20-3-1-2-10-15(32)22-6-12(28)24-11(4-14(30)31)16(33)21-5-9-7-27(26-25-9)8-13(29)23-10/h7,10-11H,1-6,8H2,(H,21,33)(H,22,32)(H,23,29)(H,24,28)(H,30,31)(H4,18,19,20)/t10-,11-/m1/s1. The largest absolute Gasteiger partial charge is 0.481 e. The van der Waals surface area contributed by atoms with E-state index in [2.05, 4.69) is 36.6 Å². The molecule has 2 atom stereocenters. The number of carbonyl (C=O) groups is 5. The zero-order valence-electron chi connectivity index (χ0n) is 17.6. The van der Waals surface area contributed by atoms with Gasteiger partial charge in [-0.1, -0.05) is 5.21 Å². The summed E-state index contributed by atoms with van der Waals surface area (Å²) in [6, 6.07) is -2.38. The minimum atomic E-state index is -1.37. The van der Waals surface area contributed by atoms with Crippen LogP contribution in [0.4, 0.5) is 0 Å². The van der Waals surface area contributed by atoms with Crippen LogP contribution in [0.2, 0.25) is 0 Å². The summed E-state index contributed by atoms with van der Waals surface area (Å²) in [5.41, 5.74) is 10.8. The third kappa shape index (κ3) is 8.80. The van der Waals surface area contributed by atoms with Gasteiger partial charge in [-0.2, -0.15) is 0 Å². The summed E-state index contributed by atoms with van der Waals surface area (Å²) in [4.78, 5) is 64.4. The number of carbonyl (C=O) groups excluding carboxylic acids is 4. The quantitative estimate of drug-likeness (QED) is 0.120. The molecular weight excluding hydrogens is 440 g/mol. The van der Waals surface area contributed by atoms with Crippen LogP contribution in [0.5, 0.6) is 0 Å². The van der Waals surface area contributed by atoms with Gasteiger partial charge in [-0.3, -0.25) is 29.0 Å². The maximum Gasteiger partial charge on any atom is 0.305 e. The highest BCUT2D eigenvalue weighted by molar-refractivity contribution is 5.93. The minimum absolute atomic E-state index is 0.101. The van der Waals surface area contributed by atoms with Crippen molar-refractivity contribution in [3.05, 3.63) is 11.9 Å². The number of carboxylic acid groups (broad SMARTS) is 1. The van der Waals surface area contributed by atoms with Gasteiger partial charge < -0.3 is 37.8 Å². The third-order valence-corrected chi connectivity index (χ3v) is 4.39. The molecule has 0 fully saturated rings. The number of nitrogens with two attached hydrogens (primary N) is 2. The summed E-state index contributed by atoms with van der Waals surface area (Å²) in [7, 11) is 0. The van der Waals surface area contributed by atoms with Crippen LogP contribution in [0.1, 0.15) is 25.0 Å². The molecule has 0 radical (unpaired) electrons. The maximum absolute atomic E-state index is 12.6. The molecule has 2 heterocycles. The van der Waals surface area contributed by atoms with Crippen LogP contribution in [-0.2, 0) is 37.1 Å². The van der Waals surface area contributed by atoms with Gasteiger partial charge in [-0.25, -0.2) is 4.68 Å². The smallest absolute Gasteiger partial charge is 0.305 e. The first-order valence-electron chi connectivity index (χ1n) is 9.94. The molecule has 1 aliphatic heterocycles. The molecule has 33 heavy (non-hydrogen) atoms. The number of amides is 4. The second-order valence-corrected chi connectivity index (χ2v) is 7.13. The topological polar surface area (TPSA) is 249 Å². The zero-order valence-corrected chi connectivity index (χ0v) is 17.6. The number of hydrogen-bond donors (Lipinski definition) is 7. The molecule has 1 aromatic heterocycles. The lowest BCUT2D eigenvalue weighted by molar-refractivity contribution is -0.140. The van der Waals surface area contributed by atoms with Gasteiger partial charge in [0, 0.05) is 6.54 Å². The fraction of sp³-hybridized carbons (Fsp3) is 0.529. The minimum Gasteiger partial charge on any atom is -0.481 e. The third-order valence-electron chi connectivity index (χ3n) is 4.39. The second-order valence-electron chi connectivity index (χ2n) is 7.13. The lowest BCUT2D eigenvalue weighted by atomic mass is 10.1. The van der Waals surface area contributed by atoms with Gasteiger partial charge in [0.2, 0.25) is 23.6 Å². The van der Waals surface area contributed by atoms with Gasteiger partial charge in [-0.15, -0.1) is 5.10 Å². The Morgan fingerprint density at radius 3 is 2.45 bits per heavy atom. The molecule has 0 saturated carbocycles. The first-order chi connectivity index (χ1) is 15.6. The molecule has 0 spiro atoms. The van der Waals surface area contributed by atoms with E-state index in [1.807, 2.05) is 0 Å². The van der Waals surface area contributed by atoms with Crippen LogP contribution in [0.25, 0.3) is 0 Å². The number of guanidine groups is 1. The van der Waals surface area contributed by atoms with Gasteiger partial charge in [0.05, 0.1) is 25.7 Å². The molecule has 16 heteroatoms. The van der Waals surface area contributed by atoms with Crippen LogP contribution >= 0.6 is 0 Å². The molecule has 1 aliphatic rings. The van der Waals surface area contributed by atoms with E-state index in [0.717, 1.165) is 0 Å². The highest BCUT2D eigenvalue weighted by Gasteiger charge is 2.26. The molecule has 0 aliphatic carbocycles. The van der Waals surface area contributed by atoms with Gasteiger partial charge in [0.25, 0.3) is 0 Å². The molecule has 180 valence electrons. The molecule has 0 aromatic carbocycles. The van der Waals surface area contributed by atoms with Crippen molar-refractivity contribution in [2.75, 3.05) is 13.1 Å². The Labute approximate surface area is 187 Å². The SMILES string of the molecule is NC(N)=NCCC[C@H]1NC(=O)Cn2cc(nn2)CNC(=O)[C@@H](CC(=O)O)NC(=O)CNC1=O. The van der Waals surface area contributed by atoms with Crippen LogP contribution in [0.3, 0.4) is 0 Å². The monoisotopic (exact) mass is 466 g/mol. The number of aliphatic imine (C=N–C) groups is 1. The molecule has 2 rings (SSSR count). The van der Waals surface area contributed by atoms with Crippen LogP contribution in [-0.4, -0.2) is 80.8 Å². The number of aliphatic carboxylic acids is 1. The summed E-state index contributed by atoms with van der Waals surface area (Å²) >= 11 is 0. The summed E-state index contributed by atoms with van der Waals surface area (Å²) in [5, 5.41) is 26.3. The average molecular weight is 466 g/mol. The molecular formula is C17H26N10O6. The van der Waals surface area contributed by atoms with Crippen LogP contribution < -0.4 is 32.7 Å². The predicted octanol–water partition coefficient (Wildman–Crippen LogP) is -4.48. The predicted molar refractivity (Wildman–Crippen MR) is 111 cm³/mol. The van der Waals surface area contributed by atoms with Crippen molar-refractivity contribution in [3.63, 3.8) is 0 Å². The van der Waals surface area contributed by atoms with Gasteiger partial charge in [0.1, 0.15) is 24.3 Å². The van der Waals surface area contributed by atoms with E-state index in [1.165, 1.54) is 10.9 Å². The number of hydrogen-bond acceptors (Lipinski definition) is 8. The van der Waals surface area contributed by atoms with E-state index >= 15 is 0 Å². The molecule has 0 unspecified atom stereocenters. The fourth-order valence-corrected chi connectivity index (χ4v) is 2.88. The van der Waals surface area contributed by atoms with E-state index in [4.69, 9.17) is 16.6 Å². The fourth-order valence-electron chi connectivity index (χ4n) is 2.88. The van der Waals surface area contributed by atoms with E-state index in [-0.39, 0.29) is 32.0 Å². The number of rotatable bonds is 6. The summed E-state index contributed by atoms with van der Waals surface area (Å²) in [6.07, 6.45) is 1.27. The highest BCUT2D eigenvalue weighted by Crippen LogP contribution is 2.01. The molecule has 9 N–H and O–H groups in total. The van der Waals surface area contributed by atoms with Crippen molar-refractivity contribution in [2.24, 2.45) is 16.5 Å². The Balaban J connectivity index is 2.18. The molecule has 4 amide bonds.